The summed E-state index contributed by atoms with van der Waals surface area (Å²) in [5.41, 5.74) is 1.16. The lowest BCUT2D eigenvalue weighted by molar-refractivity contribution is -0.137. The van der Waals surface area contributed by atoms with Gasteiger partial charge in [0.25, 0.3) is 0 Å². The molecule has 3 aromatic heterocycles. The van der Waals surface area contributed by atoms with E-state index in [-0.39, 0.29) is 17.8 Å². The minimum absolute atomic E-state index is 0.117. The molecule has 0 aromatic carbocycles. The summed E-state index contributed by atoms with van der Waals surface area (Å²) in [7, 11) is 1.79. The average Bonchev–Trinajstić information content (AvgIpc) is 3.23. The molecular weight excluding hydrogens is 413 g/mol. The summed E-state index contributed by atoms with van der Waals surface area (Å²) in [6.07, 6.45) is -1.27. The number of likely N-dealkylation sites (N-methyl/N-ethyl adjacent to an activating group) is 1. The summed E-state index contributed by atoms with van der Waals surface area (Å²) >= 11 is 0. The highest BCUT2D eigenvalue weighted by molar-refractivity contribution is 6.03. The molecule has 0 saturated heterocycles. The van der Waals surface area contributed by atoms with Crippen molar-refractivity contribution in [1.82, 2.24) is 24.7 Å². The van der Waals surface area contributed by atoms with Crippen molar-refractivity contribution in [2.24, 2.45) is 0 Å². The second-order valence-corrected chi connectivity index (χ2v) is 7.16. The molecule has 12 heteroatoms. The van der Waals surface area contributed by atoms with Crippen molar-refractivity contribution in [3.63, 3.8) is 0 Å². The fourth-order valence-electron chi connectivity index (χ4n) is 3.06. The van der Waals surface area contributed by atoms with Crippen molar-refractivity contribution in [1.29, 1.82) is 0 Å². The number of amides is 1. The van der Waals surface area contributed by atoms with Crippen LogP contribution in [0.3, 0.4) is 0 Å². The molecule has 31 heavy (non-hydrogen) atoms. The van der Waals surface area contributed by atoms with E-state index in [0.717, 1.165) is 22.6 Å². The molecule has 1 aliphatic heterocycles. The van der Waals surface area contributed by atoms with Crippen LogP contribution in [0, 0.1) is 6.92 Å². The predicted molar refractivity (Wildman–Crippen MR) is 107 cm³/mol. The summed E-state index contributed by atoms with van der Waals surface area (Å²) in [5.74, 6) is 1.16. The van der Waals surface area contributed by atoms with Gasteiger partial charge in [0, 0.05) is 26.0 Å². The van der Waals surface area contributed by atoms with Crippen molar-refractivity contribution in [3.05, 3.63) is 47.5 Å². The highest BCUT2D eigenvalue weighted by atomic mass is 19.4. The quantitative estimate of drug-likeness (QED) is 0.654. The van der Waals surface area contributed by atoms with E-state index in [2.05, 4.69) is 30.7 Å². The van der Waals surface area contributed by atoms with Gasteiger partial charge in [-0.25, -0.2) is 14.6 Å². The second kappa shape index (κ2) is 7.52. The van der Waals surface area contributed by atoms with Crippen LogP contribution in [0.5, 0.6) is 0 Å². The number of aromatic nitrogens is 5. The number of nitrogens with zero attached hydrogens (tertiary/aromatic N) is 6. The molecule has 1 aliphatic rings. The molecule has 1 amide bonds. The number of rotatable bonds is 4. The van der Waals surface area contributed by atoms with Crippen LogP contribution in [0.4, 0.5) is 30.6 Å². The molecule has 9 nitrogen and oxygen atoms in total. The first kappa shape index (κ1) is 20.6. The summed E-state index contributed by atoms with van der Waals surface area (Å²) in [6, 6.07) is 2.95. The third kappa shape index (κ3) is 4.00. The number of halogens is 3. The van der Waals surface area contributed by atoms with Crippen LogP contribution in [-0.2, 0) is 17.5 Å². The number of carbonyl (C=O) groups excluding carboxylic acids is 1. The normalized spacial score (nSPS) is 16.1. The summed E-state index contributed by atoms with van der Waals surface area (Å²) in [5, 5.41) is 9.64. The molecule has 4 heterocycles. The number of hydrogen-bond acceptors (Lipinski definition) is 7. The Kier molecular flexibility index (Phi) is 4.99. The first-order chi connectivity index (χ1) is 14.6. The first-order valence-electron chi connectivity index (χ1n) is 9.37. The number of fused-ring (bicyclic) bond motifs is 1. The van der Waals surface area contributed by atoms with Gasteiger partial charge in [0.05, 0.1) is 17.5 Å². The lowest BCUT2D eigenvalue weighted by Gasteiger charge is -2.32. The van der Waals surface area contributed by atoms with Gasteiger partial charge in [-0.3, -0.25) is 4.79 Å². The van der Waals surface area contributed by atoms with E-state index in [1.165, 1.54) is 6.20 Å². The highest BCUT2D eigenvalue weighted by Crippen LogP contribution is 2.32. The zero-order chi connectivity index (χ0) is 22.3. The van der Waals surface area contributed by atoms with Crippen LogP contribution in [0.15, 0.2) is 30.7 Å². The van der Waals surface area contributed by atoms with E-state index in [0.29, 0.717) is 29.7 Å². The van der Waals surface area contributed by atoms with Crippen molar-refractivity contribution in [2.75, 3.05) is 22.6 Å². The minimum atomic E-state index is -4.45. The number of aryl methyl sites for hydroxylation is 1. The third-order valence-electron chi connectivity index (χ3n) is 5.02. The Morgan fingerprint density at radius 2 is 2.00 bits per heavy atom. The summed E-state index contributed by atoms with van der Waals surface area (Å²) in [6.45, 7) is 3.92. The average molecular weight is 432 g/mol. The molecule has 4 rings (SSSR count). The van der Waals surface area contributed by atoms with Crippen molar-refractivity contribution < 1.29 is 18.0 Å². The molecule has 0 fully saturated rings. The number of hydrogen-bond donors (Lipinski definition) is 2. The largest absolute Gasteiger partial charge is 0.419 e. The molecule has 0 spiro atoms. The Hall–Kier alpha value is -3.70. The Bertz CT molecular complexity index is 1130. The first-order valence-corrected chi connectivity index (χ1v) is 9.37. The topological polar surface area (TPSA) is 101 Å². The maximum absolute atomic E-state index is 12.7. The molecule has 1 unspecified atom stereocenters. The van der Waals surface area contributed by atoms with Gasteiger partial charge in [0.1, 0.15) is 11.7 Å². The standard InChI is InChI=1S/C19H19F3N8O/c1-10-15-16(29(3)11(2)17(31)27-15)28-18(26-10)24-7-12-4-5-14(23-6-12)30-9-13(8-25-30)19(20,21)22/h4-6,8-9,11H,7H2,1-3H3,(H,27,31)(H,24,26,28). The van der Waals surface area contributed by atoms with Gasteiger partial charge in [-0.15, -0.1) is 0 Å². The molecule has 2 N–H and O–H groups in total. The van der Waals surface area contributed by atoms with Crippen LogP contribution >= 0.6 is 0 Å². The fourth-order valence-corrected chi connectivity index (χ4v) is 3.06. The molecule has 0 radical (unpaired) electrons. The van der Waals surface area contributed by atoms with Gasteiger partial charge in [-0.2, -0.15) is 23.3 Å². The number of carbonyl (C=O) groups is 1. The molecular formula is C19H19F3N8O. The summed E-state index contributed by atoms with van der Waals surface area (Å²) < 4.78 is 39.2. The lowest BCUT2D eigenvalue weighted by Crippen LogP contribution is -2.44. The fraction of sp³-hybridized carbons (Fsp3) is 0.316. The van der Waals surface area contributed by atoms with Crippen LogP contribution in [0.25, 0.3) is 5.82 Å². The van der Waals surface area contributed by atoms with Crippen molar-refractivity contribution in [3.8, 4) is 5.82 Å². The van der Waals surface area contributed by atoms with Crippen LogP contribution < -0.4 is 15.5 Å². The Labute approximate surface area is 175 Å². The Morgan fingerprint density at radius 1 is 1.23 bits per heavy atom. The molecule has 3 aromatic rings. The zero-order valence-electron chi connectivity index (χ0n) is 16.9. The Balaban J connectivity index is 1.47. The van der Waals surface area contributed by atoms with Crippen LogP contribution in [0.1, 0.15) is 23.7 Å². The highest BCUT2D eigenvalue weighted by Gasteiger charge is 2.32. The molecule has 0 bridgehead atoms. The zero-order valence-corrected chi connectivity index (χ0v) is 16.9. The van der Waals surface area contributed by atoms with Crippen molar-refractivity contribution in [2.45, 2.75) is 32.6 Å². The minimum Gasteiger partial charge on any atom is -0.350 e. The van der Waals surface area contributed by atoms with Gasteiger partial charge >= 0.3 is 6.18 Å². The Morgan fingerprint density at radius 3 is 2.65 bits per heavy atom. The van der Waals surface area contributed by atoms with E-state index < -0.39 is 11.7 Å². The van der Waals surface area contributed by atoms with E-state index in [1.807, 2.05) is 0 Å². The number of nitrogens with one attached hydrogen (secondary N) is 2. The number of pyridine rings is 1. The van der Waals surface area contributed by atoms with E-state index in [9.17, 15) is 18.0 Å². The molecule has 162 valence electrons. The third-order valence-corrected chi connectivity index (χ3v) is 5.02. The van der Waals surface area contributed by atoms with Gasteiger partial charge in [0.2, 0.25) is 11.9 Å². The van der Waals surface area contributed by atoms with Gasteiger partial charge < -0.3 is 15.5 Å². The van der Waals surface area contributed by atoms with Gasteiger partial charge in [-0.1, -0.05) is 6.07 Å². The molecule has 0 aliphatic carbocycles. The van der Waals surface area contributed by atoms with Crippen molar-refractivity contribution >= 4 is 23.4 Å². The lowest BCUT2D eigenvalue weighted by atomic mass is 10.2. The molecule has 0 saturated carbocycles. The maximum Gasteiger partial charge on any atom is 0.419 e. The van der Waals surface area contributed by atoms with Gasteiger partial charge in [0.15, 0.2) is 11.6 Å². The smallest absolute Gasteiger partial charge is 0.350 e. The van der Waals surface area contributed by atoms with Gasteiger partial charge in [-0.05, 0) is 25.5 Å². The van der Waals surface area contributed by atoms with Crippen LogP contribution in [0.2, 0.25) is 0 Å². The summed E-state index contributed by atoms with van der Waals surface area (Å²) in [4.78, 5) is 26.8. The monoisotopic (exact) mass is 432 g/mol. The number of alkyl halides is 3. The maximum atomic E-state index is 12.7. The van der Waals surface area contributed by atoms with E-state index >= 15 is 0 Å². The SMILES string of the molecule is Cc1nc(NCc2ccc(-n3cc(C(F)(F)F)cn3)nc2)nc2c1NC(=O)C(C)N2C. The predicted octanol–water partition coefficient (Wildman–Crippen LogP) is 2.77. The number of anilines is 3. The van der Waals surface area contributed by atoms with Crippen LogP contribution in [-0.4, -0.2) is 43.7 Å². The second-order valence-electron chi connectivity index (χ2n) is 7.16. The van der Waals surface area contributed by atoms with E-state index in [1.54, 1.807) is 37.9 Å². The molecule has 1 atom stereocenters. The van der Waals surface area contributed by atoms with E-state index in [4.69, 9.17) is 0 Å².